The molecule has 0 unspecified atom stereocenters. The Morgan fingerprint density at radius 2 is 1.86 bits per heavy atom. The van der Waals surface area contributed by atoms with E-state index in [-0.39, 0.29) is 17.4 Å². The number of rotatable bonds is 4. The number of nitrogens with one attached hydrogen (secondary N) is 1. The predicted molar refractivity (Wildman–Crippen MR) is 94.7 cm³/mol. The van der Waals surface area contributed by atoms with Crippen molar-refractivity contribution in [2.24, 2.45) is 0 Å². The molecule has 0 saturated carbocycles. The van der Waals surface area contributed by atoms with Crippen molar-refractivity contribution in [1.82, 2.24) is 5.32 Å². The molecule has 2 nitrogen and oxygen atoms in total. The lowest BCUT2D eigenvalue weighted by Gasteiger charge is -2.20. The smallest absolute Gasteiger partial charge is 0.252 e. The lowest BCUT2D eigenvalue weighted by Crippen LogP contribution is -2.26. The zero-order chi connectivity index (χ0) is 16.3. The van der Waals surface area contributed by atoms with Crippen LogP contribution in [-0.2, 0) is 11.8 Å². The summed E-state index contributed by atoms with van der Waals surface area (Å²) < 4.78 is 0. The van der Waals surface area contributed by atoms with Crippen LogP contribution >= 0.6 is 11.3 Å². The number of hydrogen-bond acceptors (Lipinski definition) is 2. The Hall–Kier alpha value is -1.61. The molecule has 3 heteroatoms. The van der Waals surface area contributed by atoms with Crippen molar-refractivity contribution in [1.29, 1.82) is 0 Å². The van der Waals surface area contributed by atoms with Crippen molar-refractivity contribution in [3.8, 4) is 0 Å². The van der Waals surface area contributed by atoms with E-state index in [9.17, 15) is 4.79 Å². The van der Waals surface area contributed by atoms with Crippen molar-refractivity contribution in [3.05, 3.63) is 57.3 Å². The topological polar surface area (TPSA) is 29.1 Å². The van der Waals surface area contributed by atoms with Gasteiger partial charge in [0.1, 0.15) is 0 Å². The molecule has 1 aromatic heterocycles. The first-order chi connectivity index (χ1) is 10.3. The van der Waals surface area contributed by atoms with Crippen LogP contribution in [0.4, 0.5) is 0 Å². The summed E-state index contributed by atoms with van der Waals surface area (Å²) in [4.78, 5) is 13.5. The van der Waals surface area contributed by atoms with Crippen molar-refractivity contribution < 1.29 is 4.79 Å². The molecule has 0 spiro atoms. The molecule has 0 radical (unpaired) electrons. The first kappa shape index (κ1) is 16.8. The molecule has 118 valence electrons. The summed E-state index contributed by atoms with van der Waals surface area (Å²) in [5.41, 5.74) is 3.35. The maximum atomic E-state index is 12.3. The van der Waals surface area contributed by atoms with Gasteiger partial charge in [-0.3, -0.25) is 4.79 Å². The molecule has 0 bridgehead atoms. The second-order valence-corrected chi connectivity index (χ2v) is 7.72. The largest absolute Gasteiger partial charge is 0.345 e. The van der Waals surface area contributed by atoms with E-state index in [1.807, 2.05) is 18.4 Å². The predicted octanol–water partition coefficient (Wildman–Crippen LogP) is 5.10. The zero-order valence-electron chi connectivity index (χ0n) is 14.1. The minimum atomic E-state index is 0.00310. The van der Waals surface area contributed by atoms with Crippen LogP contribution in [-0.4, -0.2) is 5.91 Å². The second kappa shape index (κ2) is 6.66. The minimum Gasteiger partial charge on any atom is -0.345 e. The van der Waals surface area contributed by atoms with Crippen molar-refractivity contribution in [2.75, 3.05) is 0 Å². The summed E-state index contributed by atoms with van der Waals surface area (Å²) in [6.07, 6.45) is 0.974. The number of amides is 1. The average Bonchev–Trinajstić information content (AvgIpc) is 2.95. The normalized spacial score (nSPS) is 13.0. The molecule has 0 saturated heterocycles. The molecule has 1 N–H and O–H groups in total. The molecule has 2 aromatic rings. The molecule has 0 aliphatic carbocycles. The van der Waals surface area contributed by atoms with E-state index in [0.717, 1.165) is 17.5 Å². The molecule has 1 heterocycles. The van der Waals surface area contributed by atoms with Gasteiger partial charge in [0.25, 0.3) is 5.91 Å². The van der Waals surface area contributed by atoms with Gasteiger partial charge >= 0.3 is 0 Å². The van der Waals surface area contributed by atoms with Crippen LogP contribution < -0.4 is 5.32 Å². The highest BCUT2D eigenvalue weighted by molar-refractivity contribution is 7.10. The number of benzene rings is 1. The van der Waals surface area contributed by atoms with Crippen LogP contribution in [0.25, 0.3) is 0 Å². The van der Waals surface area contributed by atoms with Crippen LogP contribution in [0, 0.1) is 0 Å². The van der Waals surface area contributed by atoms with Gasteiger partial charge in [0.05, 0.1) is 11.6 Å². The molecular formula is C19H25NOS. The van der Waals surface area contributed by atoms with E-state index < -0.39 is 0 Å². The standard InChI is InChI=1S/C19H25NOS/c1-6-17-11-15(12-22-17)18(21)20-13(2)14-7-9-16(10-8-14)19(3,4)5/h7-13H,6H2,1-5H3,(H,20,21)/t13-/m1/s1. The minimum absolute atomic E-state index is 0.00310. The summed E-state index contributed by atoms with van der Waals surface area (Å²) in [5, 5.41) is 5.01. The molecule has 22 heavy (non-hydrogen) atoms. The molecule has 0 fully saturated rings. The number of hydrogen-bond donors (Lipinski definition) is 1. The zero-order valence-corrected chi connectivity index (χ0v) is 14.9. The third kappa shape index (κ3) is 3.98. The lowest BCUT2D eigenvalue weighted by molar-refractivity contribution is 0.0940. The Kier molecular flexibility index (Phi) is 5.07. The highest BCUT2D eigenvalue weighted by Gasteiger charge is 2.16. The van der Waals surface area contributed by atoms with Gasteiger partial charge in [0.15, 0.2) is 0 Å². The highest BCUT2D eigenvalue weighted by atomic mass is 32.1. The summed E-state index contributed by atoms with van der Waals surface area (Å²) in [5.74, 6) is 0.00310. The number of aryl methyl sites for hydroxylation is 1. The molecule has 1 amide bonds. The Bertz CT molecular complexity index is 634. The third-order valence-corrected chi connectivity index (χ3v) is 4.97. The monoisotopic (exact) mass is 315 g/mol. The SMILES string of the molecule is CCc1cc(C(=O)N[C@H](C)c2ccc(C(C)(C)C)cc2)cs1. The second-order valence-electron chi connectivity index (χ2n) is 6.72. The number of thiophene rings is 1. The fraction of sp³-hybridized carbons (Fsp3) is 0.421. The number of carbonyl (C=O) groups is 1. The Morgan fingerprint density at radius 3 is 2.36 bits per heavy atom. The number of carbonyl (C=O) groups excluding carboxylic acids is 1. The van der Waals surface area contributed by atoms with Gasteiger partial charge in [0.2, 0.25) is 0 Å². The van der Waals surface area contributed by atoms with E-state index in [2.05, 4.69) is 57.3 Å². The van der Waals surface area contributed by atoms with E-state index in [1.165, 1.54) is 10.4 Å². The Balaban J connectivity index is 2.05. The summed E-state index contributed by atoms with van der Waals surface area (Å²) in [6.45, 7) is 10.7. The van der Waals surface area contributed by atoms with Gasteiger partial charge in [-0.2, -0.15) is 0 Å². The Labute approximate surface area is 137 Å². The highest BCUT2D eigenvalue weighted by Crippen LogP contribution is 2.24. The van der Waals surface area contributed by atoms with Crippen molar-refractivity contribution in [3.63, 3.8) is 0 Å². The van der Waals surface area contributed by atoms with Crippen molar-refractivity contribution in [2.45, 2.75) is 52.5 Å². The van der Waals surface area contributed by atoms with Crippen molar-refractivity contribution >= 4 is 17.2 Å². The molecule has 1 aromatic carbocycles. The van der Waals surface area contributed by atoms with Crippen LogP contribution in [0.5, 0.6) is 0 Å². The first-order valence-corrected chi connectivity index (χ1v) is 8.68. The molecule has 1 atom stereocenters. The van der Waals surface area contributed by atoms with E-state index in [1.54, 1.807) is 11.3 Å². The molecular weight excluding hydrogens is 290 g/mol. The van der Waals surface area contributed by atoms with Gasteiger partial charge in [-0.1, -0.05) is 52.0 Å². The van der Waals surface area contributed by atoms with Crippen LogP contribution in [0.3, 0.4) is 0 Å². The average molecular weight is 315 g/mol. The fourth-order valence-corrected chi connectivity index (χ4v) is 3.14. The first-order valence-electron chi connectivity index (χ1n) is 7.80. The quantitative estimate of drug-likeness (QED) is 0.835. The van der Waals surface area contributed by atoms with Crippen LogP contribution in [0.15, 0.2) is 35.7 Å². The maximum absolute atomic E-state index is 12.3. The van der Waals surface area contributed by atoms with Crippen LogP contribution in [0.1, 0.15) is 67.0 Å². The van der Waals surface area contributed by atoms with E-state index >= 15 is 0 Å². The van der Waals surface area contributed by atoms with Gasteiger partial charge in [0, 0.05) is 10.3 Å². The Morgan fingerprint density at radius 1 is 1.23 bits per heavy atom. The van der Waals surface area contributed by atoms with Gasteiger partial charge in [-0.15, -0.1) is 11.3 Å². The maximum Gasteiger partial charge on any atom is 0.252 e. The summed E-state index contributed by atoms with van der Waals surface area (Å²) in [6, 6.07) is 10.5. The molecule has 0 aliphatic rings. The van der Waals surface area contributed by atoms with Gasteiger partial charge in [-0.05, 0) is 36.0 Å². The van der Waals surface area contributed by atoms with E-state index in [0.29, 0.717) is 0 Å². The van der Waals surface area contributed by atoms with E-state index in [4.69, 9.17) is 0 Å². The van der Waals surface area contributed by atoms with Gasteiger partial charge < -0.3 is 5.32 Å². The van der Waals surface area contributed by atoms with Crippen LogP contribution in [0.2, 0.25) is 0 Å². The molecule has 2 rings (SSSR count). The molecule has 0 aliphatic heterocycles. The third-order valence-electron chi connectivity index (χ3n) is 3.89. The summed E-state index contributed by atoms with van der Waals surface area (Å²) >= 11 is 1.64. The summed E-state index contributed by atoms with van der Waals surface area (Å²) in [7, 11) is 0. The fourth-order valence-electron chi connectivity index (χ4n) is 2.32. The lowest BCUT2D eigenvalue weighted by atomic mass is 9.86. The van der Waals surface area contributed by atoms with Gasteiger partial charge in [-0.25, -0.2) is 0 Å².